The van der Waals surface area contributed by atoms with Crippen molar-refractivity contribution in [1.29, 1.82) is 0 Å². The van der Waals surface area contributed by atoms with Crippen LogP contribution in [0.15, 0.2) is 16.8 Å². The largest absolute Gasteiger partial charge is 0.446 e. The molecule has 1 atom stereocenters. The molecule has 1 amide bonds. The first-order chi connectivity index (χ1) is 8.26. The van der Waals surface area contributed by atoms with Gasteiger partial charge in [-0.1, -0.05) is 26.7 Å². The van der Waals surface area contributed by atoms with Gasteiger partial charge in [-0.05, 0) is 30.7 Å². The monoisotopic (exact) mass is 255 g/mol. The summed E-state index contributed by atoms with van der Waals surface area (Å²) in [5.41, 5.74) is 0.809. The fraction of sp³-hybridized carbons (Fsp3) is 0.615. The summed E-state index contributed by atoms with van der Waals surface area (Å²) in [6.07, 6.45) is 5.05. The Labute approximate surface area is 107 Å². The molecule has 0 bridgehead atoms. The van der Waals surface area contributed by atoms with Crippen LogP contribution in [0.1, 0.15) is 46.0 Å². The van der Waals surface area contributed by atoms with Crippen LogP contribution in [0.25, 0.3) is 0 Å². The van der Waals surface area contributed by atoms with E-state index in [-0.39, 0.29) is 12.2 Å². The molecular formula is C13H21NO2S. The van der Waals surface area contributed by atoms with E-state index in [4.69, 9.17) is 4.74 Å². The summed E-state index contributed by atoms with van der Waals surface area (Å²) < 4.78 is 5.37. The number of rotatable bonds is 7. The summed E-state index contributed by atoms with van der Waals surface area (Å²) in [7, 11) is 0. The predicted octanol–water partition coefficient (Wildman–Crippen LogP) is 4.66. The summed E-state index contributed by atoms with van der Waals surface area (Å²) in [5, 5.41) is 6.54. The zero-order chi connectivity index (χ0) is 12.5. The van der Waals surface area contributed by atoms with Crippen molar-refractivity contribution < 1.29 is 9.53 Å². The van der Waals surface area contributed by atoms with E-state index < -0.39 is 0 Å². The predicted molar refractivity (Wildman–Crippen MR) is 72.6 cm³/mol. The number of carbonyl (C=O) groups is 1. The molecular weight excluding hydrogens is 234 g/mol. The molecule has 1 unspecified atom stereocenters. The van der Waals surface area contributed by atoms with Crippen molar-refractivity contribution in [2.45, 2.75) is 52.1 Å². The van der Waals surface area contributed by atoms with Crippen molar-refractivity contribution in [1.82, 2.24) is 0 Å². The van der Waals surface area contributed by atoms with Gasteiger partial charge in [-0.25, -0.2) is 4.79 Å². The molecule has 0 aliphatic heterocycles. The molecule has 1 rings (SSSR count). The molecule has 0 aliphatic carbocycles. The maximum absolute atomic E-state index is 11.6. The number of hydrogen-bond acceptors (Lipinski definition) is 3. The average molecular weight is 255 g/mol. The summed E-state index contributed by atoms with van der Waals surface area (Å²) in [6, 6.07) is 1.87. The van der Waals surface area contributed by atoms with Crippen molar-refractivity contribution in [3.8, 4) is 0 Å². The fourth-order valence-corrected chi connectivity index (χ4v) is 2.19. The lowest BCUT2D eigenvalue weighted by molar-refractivity contribution is 0.101. The standard InChI is InChI=1S/C13H21NO2S/c1-3-5-6-7-12(4-2)16-13(15)14-11-8-9-17-10-11/h8-10,12H,3-7H2,1-2H3,(H,14,15). The lowest BCUT2D eigenvalue weighted by Gasteiger charge is -2.16. The van der Waals surface area contributed by atoms with E-state index >= 15 is 0 Å². The second-order valence-electron chi connectivity index (χ2n) is 4.07. The Kier molecular flexibility index (Phi) is 6.70. The first-order valence-corrected chi connectivity index (χ1v) is 7.20. The third kappa shape index (κ3) is 5.73. The summed E-state index contributed by atoms with van der Waals surface area (Å²) in [4.78, 5) is 11.6. The highest BCUT2D eigenvalue weighted by molar-refractivity contribution is 7.08. The van der Waals surface area contributed by atoms with Crippen LogP contribution in [-0.4, -0.2) is 12.2 Å². The lowest BCUT2D eigenvalue weighted by atomic mass is 10.1. The normalized spacial score (nSPS) is 12.1. The molecule has 1 heterocycles. The molecule has 0 radical (unpaired) electrons. The minimum Gasteiger partial charge on any atom is -0.446 e. The SMILES string of the molecule is CCCCCC(CC)OC(=O)Nc1ccsc1. The molecule has 0 aliphatic rings. The number of hydrogen-bond donors (Lipinski definition) is 1. The second-order valence-corrected chi connectivity index (χ2v) is 4.85. The summed E-state index contributed by atoms with van der Waals surface area (Å²) >= 11 is 1.55. The maximum Gasteiger partial charge on any atom is 0.411 e. The minimum absolute atomic E-state index is 0.0418. The molecule has 0 saturated heterocycles. The molecule has 0 saturated carbocycles. The smallest absolute Gasteiger partial charge is 0.411 e. The molecule has 0 aromatic carbocycles. The van der Waals surface area contributed by atoms with Crippen LogP contribution in [0, 0.1) is 0 Å². The van der Waals surface area contributed by atoms with Gasteiger partial charge in [0.15, 0.2) is 0 Å². The minimum atomic E-state index is -0.341. The van der Waals surface area contributed by atoms with Gasteiger partial charge in [0, 0.05) is 5.38 Å². The van der Waals surface area contributed by atoms with Crippen LogP contribution in [0.4, 0.5) is 10.5 Å². The van der Waals surface area contributed by atoms with Crippen LogP contribution < -0.4 is 5.32 Å². The van der Waals surface area contributed by atoms with Crippen molar-refractivity contribution >= 4 is 23.1 Å². The van der Waals surface area contributed by atoms with E-state index in [1.807, 2.05) is 16.8 Å². The Hall–Kier alpha value is -1.03. The third-order valence-electron chi connectivity index (χ3n) is 2.63. The van der Waals surface area contributed by atoms with Gasteiger partial charge in [0.25, 0.3) is 0 Å². The van der Waals surface area contributed by atoms with Crippen LogP contribution in [0.3, 0.4) is 0 Å². The average Bonchev–Trinajstić information content (AvgIpc) is 2.80. The zero-order valence-corrected chi connectivity index (χ0v) is 11.4. The first-order valence-electron chi connectivity index (χ1n) is 6.26. The highest BCUT2D eigenvalue weighted by Gasteiger charge is 2.12. The number of anilines is 1. The van der Waals surface area contributed by atoms with Crippen LogP contribution in [0.5, 0.6) is 0 Å². The molecule has 0 fully saturated rings. The van der Waals surface area contributed by atoms with Gasteiger partial charge >= 0.3 is 6.09 Å². The molecule has 3 nitrogen and oxygen atoms in total. The number of amides is 1. The topological polar surface area (TPSA) is 38.3 Å². The van der Waals surface area contributed by atoms with Gasteiger partial charge in [-0.3, -0.25) is 5.32 Å². The van der Waals surface area contributed by atoms with Gasteiger partial charge in [0.05, 0.1) is 5.69 Å². The number of unbranched alkanes of at least 4 members (excludes halogenated alkanes) is 2. The molecule has 17 heavy (non-hydrogen) atoms. The van der Waals surface area contributed by atoms with E-state index in [1.165, 1.54) is 12.8 Å². The molecule has 96 valence electrons. The lowest BCUT2D eigenvalue weighted by Crippen LogP contribution is -2.21. The Morgan fingerprint density at radius 3 is 2.88 bits per heavy atom. The van der Waals surface area contributed by atoms with Crippen molar-refractivity contribution in [3.05, 3.63) is 16.8 Å². The summed E-state index contributed by atoms with van der Waals surface area (Å²) in [6.45, 7) is 4.22. The quantitative estimate of drug-likeness (QED) is 0.720. The highest BCUT2D eigenvalue weighted by Crippen LogP contribution is 2.14. The van der Waals surface area contributed by atoms with Gasteiger partial charge < -0.3 is 4.74 Å². The van der Waals surface area contributed by atoms with Gasteiger partial charge in [-0.15, -0.1) is 0 Å². The summed E-state index contributed by atoms with van der Waals surface area (Å²) in [5.74, 6) is 0. The van der Waals surface area contributed by atoms with Crippen LogP contribution >= 0.6 is 11.3 Å². The maximum atomic E-state index is 11.6. The van der Waals surface area contributed by atoms with E-state index in [0.717, 1.165) is 24.9 Å². The molecule has 0 spiro atoms. The van der Waals surface area contributed by atoms with Crippen molar-refractivity contribution in [2.75, 3.05) is 5.32 Å². The van der Waals surface area contributed by atoms with Gasteiger partial charge in [-0.2, -0.15) is 11.3 Å². The number of thiophene rings is 1. The second kappa shape index (κ2) is 8.12. The van der Waals surface area contributed by atoms with E-state index in [1.54, 1.807) is 11.3 Å². The van der Waals surface area contributed by atoms with Crippen LogP contribution in [-0.2, 0) is 4.74 Å². The van der Waals surface area contributed by atoms with Gasteiger partial charge in [0.2, 0.25) is 0 Å². The highest BCUT2D eigenvalue weighted by atomic mass is 32.1. The molecule has 1 aromatic rings. The Balaban J connectivity index is 2.27. The Bertz CT molecular complexity index is 311. The zero-order valence-electron chi connectivity index (χ0n) is 10.6. The van der Waals surface area contributed by atoms with Gasteiger partial charge in [0.1, 0.15) is 6.10 Å². The van der Waals surface area contributed by atoms with Crippen LogP contribution in [0.2, 0.25) is 0 Å². The van der Waals surface area contributed by atoms with E-state index in [0.29, 0.717) is 0 Å². The molecule has 1 aromatic heterocycles. The van der Waals surface area contributed by atoms with Crippen molar-refractivity contribution in [2.24, 2.45) is 0 Å². The van der Waals surface area contributed by atoms with E-state index in [2.05, 4.69) is 19.2 Å². The van der Waals surface area contributed by atoms with Crippen molar-refractivity contribution in [3.63, 3.8) is 0 Å². The fourth-order valence-electron chi connectivity index (χ4n) is 1.60. The number of carbonyl (C=O) groups excluding carboxylic acids is 1. The molecule has 4 heteroatoms. The molecule has 1 N–H and O–H groups in total. The van der Waals surface area contributed by atoms with E-state index in [9.17, 15) is 4.79 Å². The Morgan fingerprint density at radius 1 is 1.47 bits per heavy atom. The third-order valence-corrected chi connectivity index (χ3v) is 3.31. The number of nitrogens with one attached hydrogen (secondary N) is 1. The Morgan fingerprint density at radius 2 is 2.29 bits per heavy atom. The number of ether oxygens (including phenoxy) is 1. The first kappa shape index (κ1) is 14.0.